The molecule has 0 radical (unpaired) electrons. The zero-order valence-electron chi connectivity index (χ0n) is 10.7. The summed E-state index contributed by atoms with van der Waals surface area (Å²) in [4.78, 5) is 0. The Labute approximate surface area is 104 Å². The normalized spacial score (nSPS) is 17.7. The van der Waals surface area contributed by atoms with Crippen LogP contribution >= 0.6 is 0 Å². The van der Waals surface area contributed by atoms with Gasteiger partial charge in [-0.05, 0) is 42.9 Å². The molecule has 0 aromatic heterocycles. The van der Waals surface area contributed by atoms with E-state index in [0.717, 1.165) is 23.4 Å². The highest BCUT2D eigenvalue weighted by molar-refractivity contribution is 5.58. The molecule has 0 heterocycles. The van der Waals surface area contributed by atoms with Crippen LogP contribution in [-0.4, -0.2) is 6.54 Å². The molecule has 0 bridgehead atoms. The molecule has 2 rings (SSSR count). The van der Waals surface area contributed by atoms with Gasteiger partial charge in [0.2, 0.25) is 0 Å². The Balaban J connectivity index is 2.06. The number of benzene rings is 1. The summed E-state index contributed by atoms with van der Waals surface area (Å²) in [7, 11) is 0. The van der Waals surface area contributed by atoms with Crippen LogP contribution in [-0.2, 0) is 0 Å². The molecular weight excluding hydrogens is 208 g/mol. The van der Waals surface area contributed by atoms with Gasteiger partial charge in [0.15, 0.2) is 0 Å². The maximum atomic E-state index is 9.11. The van der Waals surface area contributed by atoms with Crippen LogP contribution in [0.1, 0.15) is 43.7 Å². The Morgan fingerprint density at radius 3 is 2.71 bits per heavy atom. The van der Waals surface area contributed by atoms with Gasteiger partial charge in [0.1, 0.15) is 6.07 Å². The first-order valence-corrected chi connectivity index (χ1v) is 6.38. The Hall–Kier alpha value is -1.49. The average Bonchev–Trinajstić information content (AvgIpc) is 2.75. The first-order valence-electron chi connectivity index (χ1n) is 6.38. The van der Waals surface area contributed by atoms with E-state index in [0.29, 0.717) is 5.41 Å². The molecule has 0 spiro atoms. The lowest BCUT2D eigenvalue weighted by Crippen LogP contribution is -2.23. The summed E-state index contributed by atoms with van der Waals surface area (Å²) in [6.45, 7) is 5.33. The lowest BCUT2D eigenvalue weighted by Gasteiger charge is -2.24. The van der Waals surface area contributed by atoms with E-state index in [1.807, 2.05) is 19.1 Å². The second-order valence-electron chi connectivity index (χ2n) is 5.53. The summed E-state index contributed by atoms with van der Waals surface area (Å²) in [5.41, 5.74) is 3.29. The molecule has 0 saturated heterocycles. The standard InChI is InChI=1S/C15H20N2/c1-12-5-6-14(13(9-12)10-16)17-11-15(2)7-3-4-8-15/h5-6,9,17H,3-4,7-8,11H2,1-2H3. The first-order chi connectivity index (χ1) is 8.13. The molecule has 1 aliphatic carbocycles. The molecule has 0 atom stereocenters. The van der Waals surface area contributed by atoms with E-state index in [4.69, 9.17) is 5.26 Å². The van der Waals surface area contributed by atoms with Gasteiger partial charge in [0.25, 0.3) is 0 Å². The van der Waals surface area contributed by atoms with E-state index in [1.165, 1.54) is 25.7 Å². The maximum Gasteiger partial charge on any atom is 0.101 e. The Bertz CT molecular complexity index is 437. The molecule has 2 nitrogen and oxygen atoms in total. The number of aryl methyl sites for hydroxylation is 1. The molecule has 2 heteroatoms. The maximum absolute atomic E-state index is 9.11. The first kappa shape index (κ1) is 12.0. The van der Waals surface area contributed by atoms with Crippen molar-refractivity contribution in [2.24, 2.45) is 5.41 Å². The van der Waals surface area contributed by atoms with Gasteiger partial charge in [-0.3, -0.25) is 0 Å². The Morgan fingerprint density at radius 2 is 2.06 bits per heavy atom. The van der Waals surface area contributed by atoms with Crippen LogP contribution in [0, 0.1) is 23.7 Å². The highest BCUT2D eigenvalue weighted by atomic mass is 14.9. The number of nitrogens with one attached hydrogen (secondary N) is 1. The summed E-state index contributed by atoms with van der Waals surface area (Å²) in [5.74, 6) is 0. The van der Waals surface area contributed by atoms with Crippen molar-refractivity contribution in [3.05, 3.63) is 29.3 Å². The van der Waals surface area contributed by atoms with Gasteiger partial charge in [-0.25, -0.2) is 0 Å². The Kier molecular flexibility index (Phi) is 3.38. The van der Waals surface area contributed by atoms with Crippen LogP contribution in [0.3, 0.4) is 0 Å². The molecule has 1 N–H and O–H groups in total. The van der Waals surface area contributed by atoms with Crippen molar-refractivity contribution in [3.8, 4) is 6.07 Å². The zero-order chi connectivity index (χ0) is 12.3. The van der Waals surface area contributed by atoms with Crippen molar-refractivity contribution in [2.45, 2.75) is 39.5 Å². The van der Waals surface area contributed by atoms with Crippen molar-refractivity contribution in [1.29, 1.82) is 5.26 Å². The summed E-state index contributed by atoms with van der Waals surface area (Å²) < 4.78 is 0. The van der Waals surface area contributed by atoms with E-state index < -0.39 is 0 Å². The minimum atomic E-state index is 0.414. The van der Waals surface area contributed by atoms with Gasteiger partial charge in [-0.2, -0.15) is 5.26 Å². The number of nitrogens with zero attached hydrogens (tertiary/aromatic N) is 1. The SMILES string of the molecule is Cc1ccc(NCC2(C)CCCC2)c(C#N)c1. The zero-order valence-corrected chi connectivity index (χ0v) is 10.7. The van der Waals surface area contributed by atoms with Crippen molar-refractivity contribution < 1.29 is 0 Å². The van der Waals surface area contributed by atoms with Gasteiger partial charge >= 0.3 is 0 Å². The molecule has 0 amide bonds. The third-order valence-electron chi connectivity index (χ3n) is 3.81. The van der Waals surface area contributed by atoms with E-state index in [2.05, 4.69) is 24.4 Å². The van der Waals surface area contributed by atoms with Crippen LogP contribution in [0.4, 0.5) is 5.69 Å². The van der Waals surface area contributed by atoms with Crippen LogP contribution in [0.15, 0.2) is 18.2 Å². The summed E-state index contributed by atoms with van der Waals surface area (Å²) >= 11 is 0. The van der Waals surface area contributed by atoms with Crippen molar-refractivity contribution in [2.75, 3.05) is 11.9 Å². The third kappa shape index (κ3) is 2.79. The van der Waals surface area contributed by atoms with Crippen molar-refractivity contribution in [3.63, 3.8) is 0 Å². The second-order valence-corrected chi connectivity index (χ2v) is 5.53. The van der Waals surface area contributed by atoms with Gasteiger partial charge in [0.05, 0.1) is 11.3 Å². The molecule has 1 saturated carbocycles. The predicted molar refractivity (Wildman–Crippen MR) is 71.0 cm³/mol. The van der Waals surface area contributed by atoms with Crippen LogP contribution in [0.25, 0.3) is 0 Å². The number of anilines is 1. The number of nitriles is 1. The number of rotatable bonds is 3. The highest BCUT2D eigenvalue weighted by Crippen LogP contribution is 2.37. The lowest BCUT2D eigenvalue weighted by atomic mass is 9.89. The van der Waals surface area contributed by atoms with Crippen molar-refractivity contribution >= 4 is 5.69 Å². The average molecular weight is 228 g/mol. The number of hydrogen-bond donors (Lipinski definition) is 1. The summed E-state index contributed by atoms with van der Waals surface area (Å²) in [6, 6.07) is 8.28. The third-order valence-corrected chi connectivity index (χ3v) is 3.81. The summed E-state index contributed by atoms with van der Waals surface area (Å²) in [6.07, 6.45) is 5.29. The fourth-order valence-corrected chi connectivity index (χ4v) is 2.62. The molecule has 0 aliphatic heterocycles. The second kappa shape index (κ2) is 4.79. The molecule has 0 unspecified atom stereocenters. The van der Waals surface area contributed by atoms with Gasteiger partial charge in [0, 0.05) is 6.54 Å². The highest BCUT2D eigenvalue weighted by Gasteiger charge is 2.28. The van der Waals surface area contributed by atoms with E-state index in [1.54, 1.807) is 0 Å². The van der Waals surface area contributed by atoms with E-state index in [9.17, 15) is 0 Å². The number of hydrogen-bond acceptors (Lipinski definition) is 2. The fourth-order valence-electron chi connectivity index (χ4n) is 2.62. The van der Waals surface area contributed by atoms with Crippen LogP contribution in [0.2, 0.25) is 0 Å². The molecule has 1 aliphatic rings. The topological polar surface area (TPSA) is 35.8 Å². The predicted octanol–water partition coefficient (Wildman–Crippen LogP) is 3.86. The van der Waals surface area contributed by atoms with E-state index >= 15 is 0 Å². The Morgan fingerprint density at radius 1 is 1.35 bits per heavy atom. The van der Waals surface area contributed by atoms with Crippen molar-refractivity contribution in [1.82, 2.24) is 0 Å². The molecule has 1 aromatic rings. The fraction of sp³-hybridized carbons (Fsp3) is 0.533. The minimum Gasteiger partial charge on any atom is -0.383 e. The van der Waals surface area contributed by atoms with Gasteiger partial charge in [-0.1, -0.05) is 25.8 Å². The molecule has 1 aromatic carbocycles. The van der Waals surface area contributed by atoms with Gasteiger partial charge in [-0.15, -0.1) is 0 Å². The minimum absolute atomic E-state index is 0.414. The molecule has 90 valence electrons. The quantitative estimate of drug-likeness (QED) is 0.852. The van der Waals surface area contributed by atoms with Crippen LogP contribution < -0.4 is 5.32 Å². The lowest BCUT2D eigenvalue weighted by molar-refractivity contribution is 0.362. The molecule has 1 fully saturated rings. The molecule has 17 heavy (non-hydrogen) atoms. The smallest absolute Gasteiger partial charge is 0.101 e. The largest absolute Gasteiger partial charge is 0.383 e. The van der Waals surface area contributed by atoms with Crippen LogP contribution in [0.5, 0.6) is 0 Å². The van der Waals surface area contributed by atoms with E-state index in [-0.39, 0.29) is 0 Å². The molecular formula is C15H20N2. The monoisotopic (exact) mass is 228 g/mol. The summed E-state index contributed by atoms with van der Waals surface area (Å²) in [5, 5.41) is 12.6. The van der Waals surface area contributed by atoms with Gasteiger partial charge < -0.3 is 5.32 Å².